The van der Waals surface area contributed by atoms with Gasteiger partial charge in [0.2, 0.25) is 0 Å². The molecule has 0 spiro atoms. The van der Waals surface area contributed by atoms with Crippen LogP contribution in [0.3, 0.4) is 0 Å². The monoisotopic (exact) mass is 227 g/mol. The van der Waals surface area contributed by atoms with E-state index in [1.54, 1.807) is 0 Å². The van der Waals surface area contributed by atoms with Crippen molar-refractivity contribution in [2.24, 2.45) is 7.05 Å². The van der Waals surface area contributed by atoms with Crippen molar-refractivity contribution in [3.05, 3.63) is 36.3 Å². The third-order valence-corrected chi connectivity index (χ3v) is 3.25. The fourth-order valence-electron chi connectivity index (χ4n) is 2.36. The Morgan fingerprint density at radius 3 is 2.59 bits per heavy atom. The third-order valence-electron chi connectivity index (χ3n) is 3.25. The van der Waals surface area contributed by atoms with Crippen molar-refractivity contribution in [2.75, 3.05) is 0 Å². The molecule has 0 saturated carbocycles. The molecule has 0 fully saturated rings. The van der Waals surface area contributed by atoms with Gasteiger partial charge >= 0.3 is 0 Å². The summed E-state index contributed by atoms with van der Waals surface area (Å²) in [6.07, 6.45) is 4.08. The first-order valence-electron chi connectivity index (χ1n) is 5.90. The van der Waals surface area contributed by atoms with E-state index in [9.17, 15) is 0 Å². The Hall–Kier alpha value is -1.77. The van der Waals surface area contributed by atoms with Crippen molar-refractivity contribution >= 4 is 16.7 Å². The lowest BCUT2D eigenvalue weighted by atomic mass is 9.93. The molecule has 0 saturated heterocycles. The highest BCUT2D eigenvalue weighted by Crippen LogP contribution is 2.27. The maximum atomic E-state index is 4.51. The molecule has 3 nitrogen and oxygen atoms in total. The summed E-state index contributed by atoms with van der Waals surface area (Å²) in [5, 5.41) is 1.25. The maximum Gasteiger partial charge on any atom is 0.138 e. The average molecular weight is 227 g/mol. The number of fused-ring (bicyclic) bond motifs is 3. The summed E-state index contributed by atoms with van der Waals surface area (Å²) < 4.78 is 4.41. The molecular formula is C14H17N3. The van der Waals surface area contributed by atoms with E-state index in [2.05, 4.69) is 66.2 Å². The summed E-state index contributed by atoms with van der Waals surface area (Å²) >= 11 is 0. The number of rotatable bonds is 0. The van der Waals surface area contributed by atoms with Crippen LogP contribution in [0.4, 0.5) is 0 Å². The third kappa shape index (κ3) is 1.38. The van der Waals surface area contributed by atoms with Gasteiger partial charge in [0.05, 0.1) is 0 Å². The predicted molar refractivity (Wildman–Crippen MR) is 70.4 cm³/mol. The molecule has 3 heterocycles. The molecular weight excluding hydrogens is 210 g/mol. The van der Waals surface area contributed by atoms with Crippen LogP contribution >= 0.6 is 0 Å². The van der Waals surface area contributed by atoms with E-state index in [1.165, 1.54) is 16.7 Å². The number of hydrogen-bond donors (Lipinski definition) is 0. The van der Waals surface area contributed by atoms with Crippen molar-refractivity contribution in [1.82, 2.24) is 14.0 Å². The van der Waals surface area contributed by atoms with Crippen LogP contribution in [-0.2, 0) is 12.5 Å². The van der Waals surface area contributed by atoms with E-state index >= 15 is 0 Å². The highest BCUT2D eigenvalue weighted by molar-refractivity contribution is 5.80. The van der Waals surface area contributed by atoms with Gasteiger partial charge < -0.3 is 4.57 Å². The van der Waals surface area contributed by atoms with Crippen molar-refractivity contribution in [3.8, 4) is 0 Å². The van der Waals surface area contributed by atoms with Crippen LogP contribution in [-0.4, -0.2) is 14.0 Å². The molecule has 0 aromatic carbocycles. The molecule has 3 heteroatoms. The first kappa shape index (κ1) is 10.4. The van der Waals surface area contributed by atoms with Crippen LogP contribution in [0.15, 0.2) is 30.6 Å². The van der Waals surface area contributed by atoms with Gasteiger partial charge in [-0.05, 0) is 18.2 Å². The zero-order valence-electron chi connectivity index (χ0n) is 10.7. The molecule has 0 unspecified atom stereocenters. The Kier molecular flexibility index (Phi) is 1.91. The van der Waals surface area contributed by atoms with Gasteiger partial charge in [-0.15, -0.1) is 0 Å². The van der Waals surface area contributed by atoms with Gasteiger partial charge in [-0.3, -0.25) is 4.40 Å². The normalized spacial score (nSPS) is 12.7. The maximum absolute atomic E-state index is 4.51. The van der Waals surface area contributed by atoms with Crippen LogP contribution in [0, 0.1) is 0 Å². The Bertz CT molecular complexity index is 695. The van der Waals surface area contributed by atoms with Gasteiger partial charge in [-0.25, -0.2) is 4.98 Å². The van der Waals surface area contributed by atoms with E-state index < -0.39 is 0 Å². The van der Waals surface area contributed by atoms with E-state index in [1.807, 2.05) is 6.20 Å². The molecule has 0 atom stereocenters. The zero-order valence-corrected chi connectivity index (χ0v) is 10.7. The smallest absolute Gasteiger partial charge is 0.138 e. The number of pyridine rings is 1. The molecule has 0 aliphatic heterocycles. The molecule has 17 heavy (non-hydrogen) atoms. The van der Waals surface area contributed by atoms with E-state index in [0.29, 0.717) is 0 Å². The lowest BCUT2D eigenvalue weighted by molar-refractivity contribution is 0.565. The Labute approximate surface area is 101 Å². The second-order valence-corrected chi connectivity index (χ2v) is 5.63. The van der Waals surface area contributed by atoms with E-state index in [4.69, 9.17) is 0 Å². The molecule has 0 aliphatic carbocycles. The first-order chi connectivity index (χ1) is 7.98. The molecule has 0 amide bonds. The highest BCUT2D eigenvalue weighted by atomic mass is 15.1. The topological polar surface area (TPSA) is 22.2 Å². The molecule has 3 aromatic rings. The minimum Gasteiger partial charge on any atom is -0.337 e. The van der Waals surface area contributed by atoms with Gasteiger partial charge in [-0.2, -0.15) is 0 Å². The van der Waals surface area contributed by atoms with E-state index in [0.717, 1.165) is 5.65 Å². The summed E-state index contributed by atoms with van der Waals surface area (Å²) in [5.74, 6) is 0. The highest BCUT2D eigenvalue weighted by Gasteiger charge is 2.20. The fraction of sp³-hybridized carbons (Fsp3) is 0.357. The minimum absolute atomic E-state index is 0.0952. The summed E-state index contributed by atoms with van der Waals surface area (Å²) in [6, 6.07) is 6.35. The largest absolute Gasteiger partial charge is 0.337 e. The standard InChI is InChI=1S/C14H17N3/c1-14(2,3)11-9-15-12-6-5-10-7-8-16(4)13(10)17(11)12/h5-9H,1-4H3. The van der Waals surface area contributed by atoms with Crippen LogP contribution in [0.1, 0.15) is 26.5 Å². The quantitative estimate of drug-likeness (QED) is 0.578. The van der Waals surface area contributed by atoms with Crippen LogP contribution in [0.2, 0.25) is 0 Å². The van der Waals surface area contributed by atoms with Crippen molar-refractivity contribution < 1.29 is 0 Å². The Morgan fingerprint density at radius 2 is 1.88 bits per heavy atom. The summed E-state index contributed by atoms with van der Waals surface area (Å²) in [6.45, 7) is 6.66. The fourth-order valence-corrected chi connectivity index (χ4v) is 2.36. The summed E-state index contributed by atoms with van der Waals surface area (Å²) in [5.41, 5.74) is 3.58. The van der Waals surface area contributed by atoms with Crippen molar-refractivity contribution in [1.29, 1.82) is 0 Å². The number of aromatic nitrogens is 3. The minimum atomic E-state index is 0.0952. The van der Waals surface area contributed by atoms with Gasteiger partial charge in [0, 0.05) is 35.9 Å². The number of hydrogen-bond acceptors (Lipinski definition) is 1. The number of aryl methyl sites for hydroxylation is 1. The second kappa shape index (κ2) is 3.13. The molecule has 0 N–H and O–H groups in total. The number of nitrogens with zero attached hydrogens (tertiary/aromatic N) is 3. The van der Waals surface area contributed by atoms with Gasteiger partial charge in [0.15, 0.2) is 0 Å². The van der Waals surface area contributed by atoms with Crippen LogP contribution in [0.5, 0.6) is 0 Å². The predicted octanol–water partition coefficient (Wildman–Crippen LogP) is 3.12. The Balaban J connectivity index is 2.54. The zero-order chi connectivity index (χ0) is 12.2. The van der Waals surface area contributed by atoms with Crippen LogP contribution in [0.25, 0.3) is 16.7 Å². The van der Waals surface area contributed by atoms with Gasteiger partial charge in [0.25, 0.3) is 0 Å². The first-order valence-corrected chi connectivity index (χ1v) is 5.90. The lowest BCUT2D eigenvalue weighted by Gasteiger charge is -2.18. The molecule has 0 aliphatic rings. The summed E-state index contributed by atoms with van der Waals surface area (Å²) in [4.78, 5) is 4.51. The van der Waals surface area contributed by atoms with Crippen molar-refractivity contribution in [2.45, 2.75) is 26.2 Å². The molecule has 0 bridgehead atoms. The Morgan fingerprint density at radius 1 is 1.12 bits per heavy atom. The average Bonchev–Trinajstić information content (AvgIpc) is 2.80. The molecule has 88 valence electrons. The van der Waals surface area contributed by atoms with Gasteiger partial charge in [0.1, 0.15) is 11.3 Å². The van der Waals surface area contributed by atoms with E-state index in [-0.39, 0.29) is 5.41 Å². The van der Waals surface area contributed by atoms with Crippen LogP contribution < -0.4 is 0 Å². The molecule has 0 radical (unpaired) electrons. The SMILES string of the molecule is Cn1ccc2ccc3ncc(C(C)(C)C)n3c21. The molecule has 3 aromatic heterocycles. The van der Waals surface area contributed by atoms with Gasteiger partial charge in [-0.1, -0.05) is 20.8 Å². The second-order valence-electron chi connectivity index (χ2n) is 5.63. The summed E-state index contributed by atoms with van der Waals surface area (Å²) in [7, 11) is 2.08. The molecule has 3 rings (SSSR count). The number of imidazole rings is 1. The van der Waals surface area contributed by atoms with Crippen molar-refractivity contribution in [3.63, 3.8) is 0 Å². The lowest BCUT2D eigenvalue weighted by Crippen LogP contribution is -2.15.